The van der Waals surface area contributed by atoms with Crippen LogP contribution in [0.3, 0.4) is 0 Å². The number of benzene rings is 1. The van der Waals surface area contributed by atoms with Crippen LogP contribution in [0.15, 0.2) is 24.3 Å². The molecule has 0 spiro atoms. The highest BCUT2D eigenvalue weighted by Gasteiger charge is 2.30. The van der Waals surface area contributed by atoms with E-state index >= 15 is 0 Å². The lowest BCUT2D eigenvalue weighted by Crippen LogP contribution is -2.41. The highest BCUT2D eigenvalue weighted by molar-refractivity contribution is 5.97. The van der Waals surface area contributed by atoms with Gasteiger partial charge < -0.3 is 19.7 Å². The van der Waals surface area contributed by atoms with E-state index < -0.39 is 5.60 Å². The molecule has 0 radical (unpaired) electrons. The molecule has 0 saturated carbocycles. The van der Waals surface area contributed by atoms with Crippen LogP contribution >= 0.6 is 0 Å². The van der Waals surface area contributed by atoms with Crippen molar-refractivity contribution in [3.05, 3.63) is 24.3 Å². The van der Waals surface area contributed by atoms with Crippen molar-refractivity contribution in [2.24, 2.45) is 0 Å². The van der Waals surface area contributed by atoms with Gasteiger partial charge in [-0.05, 0) is 70.3 Å². The Morgan fingerprint density at radius 3 is 2.65 bits per heavy atom. The molecule has 1 aromatic carbocycles. The van der Waals surface area contributed by atoms with Crippen molar-refractivity contribution in [3.63, 3.8) is 0 Å². The van der Waals surface area contributed by atoms with Crippen molar-refractivity contribution in [1.82, 2.24) is 4.90 Å². The maximum absolute atomic E-state index is 12.3. The Bertz CT molecular complexity index is 555. The second-order valence-electron chi connectivity index (χ2n) is 7.35. The summed E-state index contributed by atoms with van der Waals surface area (Å²) in [6.07, 6.45) is 5.64. The molecule has 5 nitrogen and oxygen atoms in total. The first kappa shape index (κ1) is 20.7. The van der Waals surface area contributed by atoms with Gasteiger partial charge in [0, 0.05) is 25.4 Å². The van der Waals surface area contributed by atoms with Crippen molar-refractivity contribution in [3.8, 4) is 5.75 Å². The minimum absolute atomic E-state index is 0.133. The number of hydrogen-bond donors (Lipinski definition) is 1. The quantitative estimate of drug-likeness (QED) is 0.673. The van der Waals surface area contributed by atoms with Gasteiger partial charge in [0.2, 0.25) is 0 Å². The summed E-state index contributed by atoms with van der Waals surface area (Å²) in [5.41, 5.74) is -0.0537. The second-order valence-corrected chi connectivity index (χ2v) is 7.35. The van der Waals surface area contributed by atoms with Gasteiger partial charge in [-0.2, -0.15) is 0 Å². The SMILES string of the molecule is CC[C@@](C)(OC)C(=O)Nc1ccc(OCCCN2CCCC[C@H]2C)cc1. The van der Waals surface area contributed by atoms with E-state index in [1.54, 1.807) is 14.0 Å². The van der Waals surface area contributed by atoms with Gasteiger partial charge in [-0.15, -0.1) is 0 Å². The number of methoxy groups -OCH3 is 1. The Kier molecular flexibility index (Phi) is 7.91. The molecule has 5 heteroatoms. The van der Waals surface area contributed by atoms with E-state index in [4.69, 9.17) is 9.47 Å². The van der Waals surface area contributed by atoms with E-state index in [9.17, 15) is 4.79 Å². The third-order valence-corrected chi connectivity index (χ3v) is 5.52. The molecule has 2 atom stereocenters. The predicted molar refractivity (Wildman–Crippen MR) is 106 cm³/mol. The number of carbonyl (C=O) groups is 1. The number of carbonyl (C=O) groups excluding carboxylic acids is 1. The van der Waals surface area contributed by atoms with Crippen LogP contribution in [0.2, 0.25) is 0 Å². The van der Waals surface area contributed by atoms with E-state index in [1.165, 1.54) is 25.8 Å². The molecule has 2 rings (SSSR count). The molecular formula is C21H34N2O3. The van der Waals surface area contributed by atoms with Crippen LogP contribution in [0, 0.1) is 0 Å². The summed E-state index contributed by atoms with van der Waals surface area (Å²) in [5.74, 6) is 0.700. The summed E-state index contributed by atoms with van der Waals surface area (Å²) in [7, 11) is 1.56. The molecular weight excluding hydrogens is 328 g/mol. The summed E-state index contributed by atoms with van der Waals surface area (Å²) < 4.78 is 11.2. The standard InChI is InChI=1S/C21H34N2O3/c1-5-21(3,25-4)20(24)22-18-10-12-19(13-11-18)26-16-8-15-23-14-7-6-9-17(23)2/h10-13,17H,5-9,14-16H2,1-4H3,(H,22,24)/t17-,21-/m1/s1. The largest absolute Gasteiger partial charge is 0.494 e. The minimum Gasteiger partial charge on any atom is -0.494 e. The molecule has 1 heterocycles. The second kappa shape index (κ2) is 9.93. The molecule has 0 unspecified atom stereocenters. The van der Waals surface area contributed by atoms with Crippen LogP contribution in [0.5, 0.6) is 5.75 Å². The topological polar surface area (TPSA) is 50.8 Å². The number of piperidine rings is 1. The lowest BCUT2D eigenvalue weighted by Gasteiger charge is -2.33. The van der Waals surface area contributed by atoms with Crippen LogP contribution in [0.1, 0.15) is 52.9 Å². The zero-order valence-electron chi connectivity index (χ0n) is 16.7. The molecule has 26 heavy (non-hydrogen) atoms. The van der Waals surface area contributed by atoms with Crippen molar-refractivity contribution < 1.29 is 14.3 Å². The lowest BCUT2D eigenvalue weighted by molar-refractivity contribution is -0.136. The summed E-state index contributed by atoms with van der Waals surface area (Å²) in [6, 6.07) is 8.23. The Morgan fingerprint density at radius 2 is 2.04 bits per heavy atom. The first-order chi connectivity index (χ1) is 12.5. The van der Waals surface area contributed by atoms with Gasteiger partial charge in [0.25, 0.3) is 5.91 Å². The number of hydrogen-bond acceptors (Lipinski definition) is 4. The number of nitrogens with zero attached hydrogens (tertiary/aromatic N) is 1. The monoisotopic (exact) mass is 362 g/mol. The number of amides is 1. The van der Waals surface area contributed by atoms with Gasteiger partial charge in [0.15, 0.2) is 0 Å². The van der Waals surface area contributed by atoms with Gasteiger partial charge in [0.05, 0.1) is 6.61 Å². The average Bonchev–Trinajstić information content (AvgIpc) is 2.67. The van der Waals surface area contributed by atoms with E-state index in [-0.39, 0.29) is 5.91 Å². The van der Waals surface area contributed by atoms with Gasteiger partial charge in [-0.3, -0.25) is 4.79 Å². The molecule has 146 valence electrons. The molecule has 1 saturated heterocycles. The first-order valence-corrected chi connectivity index (χ1v) is 9.82. The fraction of sp³-hybridized carbons (Fsp3) is 0.667. The Labute approximate surface area is 158 Å². The van der Waals surface area contributed by atoms with Gasteiger partial charge in [-0.1, -0.05) is 13.3 Å². The fourth-order valence-corrected chi connectivity index (χ4v) is 3.24. The normalized spacial score (nSPS) is 20.4. The van der Waals surface area contributed by atoms with Crippen LogP contribution in [-0.2, 0) is 9.53 Å². The number of anilines is 1. The van der Waals surface area contributed by atoms with Crippen molar-refractivity contribution in [2.75, 3.05) is 32.1 Å². The van der Waals surface area contributed by atoms with Crippen LogP contribution in [0.25, 0.3) is 0 Å². The van der Waals surface area contributed by atoms with Crippen LogP contribution in [-0.4, -0.2) is 49.3 Å². The molecule has 1 amide bonds. The molecule has 1 aromatic rings. The maximum Gasteiger partial charge on any atom is 0.256 e. The van der Waals surface area contributed by atoms with Gasteiger partial charge in [-0.25, -0.2) is 0 Å². The Hall–Kier alpha value is -1.59. The maximum atomic E-state index is 12.3. The van der Waals surface area contributed by atoms with E-state index in [2.05, 4.69) is 17.1 Å². The summed E-state index contributed by atoms with van der Waals surface area (Å²) in [6.45, 7) is 9.08. The van der Waals surface area contributed by atoms with Gasteiger partial charge >= 0.3 is 0 Å². The first-order valence-electron chi connectivity index (χ1n) is 9.82. The van der Waals surface area contributed by atoms with Crippen molar-refractivity contribution in [1.29, 1.82) is 0 Å². The molecule has 1 N–H and O–H groups in total. The number of nitrogens with one attached hydrogen (secondary N) is 1. The fourth-order valence-electron chi connectivity index (χ4n) is 3.24. The highest BCUT2D eigenvalue weighted by Crippen LogP contribution is 2.20. The van der Waals surface area contributed by atoms with Crippen LogP contribution in [0.4, 0.5) is 5.69 Å². The summed E-state index contributed by atoms with van der Waals surface area (Å²) >= 11 is 0. The number of rotatable bonds is 9. The van der Waals surface area contributed by atoms with Gasteiger partial charge in [0.1, 0.15) is 11.4 Å². The smallest absolute Gasteiger partial charge is 0.256 e. The zero-order chi connectivity index (χ0) is 19.0. The van der Waals surface area contributed by atoms with Crippen molar-refractivity contribution >= 4 is 11.6 Å². The molecule has 1 aliphatic rings. The van der Waals surface area contributed by atoms with Crippen LogP contribution < -0.4 is 10.1 Å². The third-order valence-electron chi connectivity index (χ3n) is 5.52. The highest BCUT2D eigenvalue weighted by atomic mass is 16.5. The Morgan fingerprint density at radius 1 is 1.31 bits per heavy atom. The molecule has 0 bridgehead atoms. The van der Waals surface area contributed by atoms with E-state index in [0.717, 1.165) is 24.4 Å². The minimum atomic E-state index is -0.805. The molecule has 0 aliphatic carbocycles. The molecule has 1 fully saturated rings. The van der Waals surface area contributed by atoms with Crippen molar-refractivity contribution in [2.45, 2.75) is 64.5 Å². The average molecular weight is 363 g/mol. The number of ether oxygens (including phenoxy) is 2. The lowest BCUT2D eigenvalue weighted by atomic mass is 10.0. The Balaban J connectivity index is 1.74. The molecule has 0 aromatic heterocycles. The zero-order valence-corrected chi connectivity index (χ0v) is 16.7. The summed E-state index contributed by atoms with van der Waals surface area (Å²) in [5, 5.41) is 2.90. The predicted octanol–water partition coefficient (Wildman–Crippen LogP) is 4.08. The van der Waals surface area contributed by atoms with E-state index in [1.807, 2.05) is 31.2 Å². The third kappa shape index (κ3) is 5.71. The number of likely N-dealkylation sites (tertiary alicyclic amines) is 1. The van der Waals surface area contributed by atoms with E-state index in [0.29, 0.717) is 19.1 Å². The summed E-state index contributed by atoms with van der Waals surface area (Å²) in [4.78, 5) is 14.9. The molecule has 1 aliphatic heterocycles.